The van der Waals surface area contributed by atoms with Crippen molar-refractivity contribution < 1.29 is 0 Å². The first-order valence-electron chi connectivity index (χ1n) is 8.75. The average Bonchev–Trinajstić information content (AvgIpc) is 3.07. The van der Waals surface area contributed by atoms with E-state index in [0.717, 1.165) is 10.5 Å². The first-order chi connectivity index (χ1) is 12.8. The molecule has 0 fully saturated rings. The molecule has 2 heterocycles. The summed E-state index contributed by atoms with van der Waals surface area (Å²) in [5, 5.41) is 2.34. The number of hydrogen-bond donors (Lipinski definition) is 0. The van der Waals surface area contributed by atoms with Crippen molar-refractivity contribution in [2.24, 2.45) is 0 Å². The molecule has 0 saturated carbocycles. The summed E-state index contributed by atoms with van der Waals surface area (Å²) in [6.45, 7) is 2.24. The van der Waals surface area contributed by atoms with Gasteiger partial charge in [0.25, 0.3) is 0 Å². The van der Waals surface area contributed by atoms with Crippen LogP contribution in [0.25, 0.3) is 43.0 Å². The minimum absolute atomic E-state index is 1.07. The molecule has 2 aliphatic heterocycles. The Bertz CT molecular complexity index is 1170. The molecule has 0 radical (unpaired) electrons. The van der Waals surface area contributed by atoms with Gasteiger partial charge in [-0.1, -0.05) is 78.9 Å². The predicted octanol–water partition coefficient (Wildman–Crippen LogP) is 7.04. The lowest BCUT2D eigenvalue weighted by Crippen LogP contribution is -1.91. The van der Waals surface area contributed by atoms with Crippen molar-refractivity contribution in [1.82, 2.24) is 4.98 Å². The monoisotopic (exact) mass is 351 g/mol. The van der Waals surface area contributed by atoms with Gasteiger partial charge in [0.05, 0.1) is 5.52 Å². The Hall–Kier alpha value is -2.97. The molecule has 3 aromatic carbocycles. The van der Waals surface area contributed by atoms with Crippen LogP contribution in [0.5, 0.6) is 0 Å². The van der Waals surface area contributed by atoms with Gasteiger partial charge in [-0.2, -0.15) is 0 Å². The van der Waals surface area contributed by atoms with Gasteiger partial charge < -0.3 is 0 Å². The van der Waals surface area contributed by atoms with Crippen molar-refractivity contribution in [1.29, 1.82) is 0 Å². The van der Waals surface area contributed by atoms with Crippen LogP contribution in [0.15, 0.2) is 84.9 Å². The Kier molecular flexibility index (Phi) is 3.58. The Morgan fingerprint density at radius 3 is 2.00 bits per heavy atom. The summed E-state index contributed by atoms with van der Waals surface area (Å²) >= 11 is 1.79. The maximum Gasteiger partial charge on any atom is 0.125 e. The lowest BCUT2D eigenvalue weighted by molar-refractivity contribution is 1.47. The lowest BCUT2D eigenvalue weighted by Gasteiger charge is -2.16. The molecule has 0 bridgehead atoms. The highest BCUT2D eigenvalue weighted by Crippen LogP contribution is 2.48. The van der Waals surface area contributed by atoms with E-state index in [0.29, 0.717) is 0 Å². The Labute approximate surface area is 156 Å². The number of hydrogen-bond acceptors (Lipinski definition) is 2. The van der Waals surface area contributed by atoms with Crippen LogP contribution in [0.4, 0.5) is 0 Å². The summed E-state index contributed by atoms with van der Waals surface area (Å²) < 4.78 is 0. The second-order valence-electron chi connectivity index (χ2n) is 6.47. The second kappa shape index (κ2) is 6.08. The quantitative estimate of drug-likeness (QED) is 0.332. The van der Waals surface area contributed by atoms with E-state index in [2.05, 4.69) is 91.9 Å². The van der Waals surface area contributed by atoms with Crippen LogP contribution in [-0.2, 0) is 0 Å². The third-order valence-electron chi connectivity index (χ3n) is 4.87. The van der Waals surface area contributed by atoms with E-state index in [1.54, 1.807) is 11.3 Å². The van der Waals surface area contributed by atoms with Crippen molar-refractivity contribution in [3.63, 3.8) is 0 Å². The summed E-state index contributed by atoms with van der Waals surface area (Å²) in [6, 6.07) is 29.8. The van der Waals surface area contributed by atoms with Crippen molar-refractivity contribution in [3.8, 4) is 32.1 Å². The number of benzene rings is 3. The minimum atomic E-state index is 1.07. The Morgan fingerprint density at radius 1 is 0.654 bits per heavy atom. The number of para-hydroxylation sites is 1. The molecule has 0 N–H and O–H groups in total. The number of nitrogens with zero attached hydrogens (tertiary/aromatic N) is 1. The standard InChI is InChI=1S/C24H17NS/c1-16-21(17-10-4-2-5-11-17)22-19-14-8-9-15-20(19)25-24(22)26-23(16)18-12-6-3-7-13-18/h2-15H,1H3. The van der Waals surface area contributed by atoms with Gasteiger partial charge in [-0.15, -0.1) is 11.3 Å². The highest BCUT2D eigenvalue weighted by Gasteiger charge is 2.23. The number of fused-ring (bicyclic) bond motifs is 3. The van der Waals surface area contributed by atoms with Gasteiger partial charge in [0.2, 0.25) is 0 Å². The van der Waals surface area contributed by atoms with E-state index < -0.39 is 0 Å². The van der Waals surface area contributed by atoms with Gasteiger partial charge in [-0.25, -0.2) is 4.98 Å². The molecule has 2 heteroatoms. The Balaban J connectivity index is 1.94. The molecule has 26 heavy (non-hydrogen) atoms. The van der Waals surface area contributed by atoms with E-state index in [4.69, 9.17) is 4.98 Å². The van der Waals surface area contributed by atoms with Crippen molar-refractivity contribution in [3.05, 3.63) is 90.5 Å². The summed E-state index contributed by atoms with van der Waals surface area (Å²) in [7, 11) is 0. The number of aromatic nitrogens is 1. The van der Waals surface area contributed by atoms with Crippen LogP contribution in [0.1, 0.15) is 5.56 Å². The molecular weight excluding hydrogens is 334 g/mol. The van der Waals surface area contributed by atoms with Crippen molar-refractivity contribution in [2.75, 3.05) is 0 Å². The summed E-state index contributed by atoms with van der Waals surface area (Å²) in [5.41, 5.74) is 7.46. The summed E-state index contributed by atoms with van der Waals surface area (Å²) in [4.78, 5) is 6.24. The van der Waals surface area contributed by atoms with Crippen LogP contribution in [0, 0.1) is 6.92 Å². The van der Waals surface area contributed by atoms with E-state index in [9.17, 15) is 0 Å². The van der Waals surface area contributed by atoms with Gasteiger partial charge >= 0.3 is 0 Å². The SMILES string of the molecule is Cc1c(-c2ccccc2)sc2nc3ccccc3c-2c1-c1ccccc1. The number of rotatable bonds is 2. The molecule has 0 atom stereocenters. The lowest BCUT2D eigenvalue weighted by atomic mass is 9.94. The van der Waals surface area contributed by atoms with E-state index in [1.807, 2.05) is 0 Å². The zero-order valence-corrected chi connectivity index (χ0v) is 15.3. The third kappa shape index (κ3) is 2.34. The fraction of sp³-hybridized carbons (Fsp3) is 0.0417. The molecule has 0 aromatic heterocycles. The zero-order valence-electron chi connectivity index (χ0n) is 14.4. The molecule has 1 nitrogen and oxygen atoms in total. The van der Waals surface area contributed by atoms with Gasteiger partial charge in [0, 0.05) is 15.8 Å². The fourth-order valence-electron chi connectivity index (χ4n) is 3.68. The predicted molar refractivity (Wildman–Crippen MR) is 112 cm³/mol. The molecule has 124 valence electrons. The van der Waals surface area contributed by atoms with Crippen LogP contribution >= 0.6 is 11.3 Å². The largest absolute Gasteiger partial charge is 0.237 e. The topological polar surface area (TPSA) is 12.9 Å². The summed E-state index contributed by atoms with van der Waals surface area (Å²) in [5.74, 6) is 0. The van der Waals surface area contributed by atoms with Gasteiger partial charge in [-0.05, 0) is 35.2 Å². The molecule has 0 spiro atoms. The second-order valence-corrected chi connectivity index (χ2v) is 7.47. The molecule has 0 saturated heterocycles. The molecule has 0 unspecified atom stereocenters. The molecule has 5 rings (SSSR count). The minimum Gasteiger partial charge on any atom is -0.237 e. The smallest absolute Gasteiger partial charge is 0.125 e. The zero-order chi connectivity index (χ0) is 17.5. The fourth-order valence-corrected chi connectivity index (χ4v) is 4.84. The molecule has 0 aliphatic carbocycles. The van der Waals surface area contributed by atoms with E-state index in [-0.39, 0.29) is 0 Å². The van der Waals surface area contributed by atoms with Crippen LogP contribution in [0.3, 0.4) is 0 Å². The van der Waals surface area contributed by atoms with Crippen LogP contribution in [0.2, 0.25) is 0 Å². The highest BCUT2D eigenvalue weighted by molar-refractivity contribution is 7.18. The van der Waals surface area contributed by atoms with Crippen molar-refractivity contribution >= 4 is 22.2 Å². The average molecular weight is 351 g/mol. The normalized spacial score (nSPS) is 11.3. The molecule has 0 amide bonds. The molecule has 3 aromatic rings. The summed E-state index contributed by atoms with van der Waals surface area (Å²) in [6.07, 6.45) is 0. The van der Waals surface area contributed by atoms with Crippen LogP contribution < -0.4 is 0 Å². The van der Waals surface area contributed by atoms with E-state index in [1.165, 1.54) is 38.1 Å². The van der Waals surface area contributed by atoms with Gasteiger partial charge in [0.15, 0.2) is 0 Å². The Morgan fingerprint density at radius 2 is 1.27 bits per heavy atom. The van der Waals surface area contributed by atoms with Gasteiger partial charge in [0.1, 0.15) is 5.01 Å². The maximum atomic E-state index is 4.95. The third-order valence-corrected chi connectivity index (χ3v) is 6.11. The molecule has 2 aliphatic rings. The van der Waals surface area contributed by atoms with Crippen LogP contribution in [-0.4, -0.2) is 4.98 Å². The first-order valence-corrected chi connectivity index (χ1v) is 9.57. The van der Waals surface area contributed by atoms with E-state index >= 15 is 0 Å². The highest BCUT2D eigenvalue weighted by atomic mass is 32.1. The first kappa shape index (κ1) is 15.3. The van der Waals surface area contributed by atoms with Crippen molar-refractivity contribution in [2.45, 2.75) is 6.92 Å². The molecular formula is C24H17NS. The maximum absolute atomic E-state index is 4.95. The van der Waals surface area contributed by atoms with Gasteiger partial charge in [-0.3, -0.25) is 0 Å².